The Morgan fingerprint density at radius 3 is 2.57 bits per heavy atom. The van der Waals surface area contributed by atoms with Crippen molar-refractivity contribution in [1.29, 1.82) is 0 Å². The summed E-state index contributed by atoms with van der Waals surface area (Å²) in [5.74, 6) is 1.37. The van der Waals surface area contributed by atoms with Crippen molar-refractivity contribution >= 4 is 23.4 Å². The fourth-order valence-electron chi connectivity index (χ4n) is 3.50. The molecule has 9 heteroatoms. The molecule has 1 amide bonds. The van der Waals surface area contributed by atoms with Crippen LogP contribution in [0.3, 0.4) is 0 Å². The van der Waals surface area contributed by atoms with Gasteiger partial charge in [0.1, 0.15) is 5.75 Å². The van der Waals surface area contributed by atoms with Gasteiger partial charge in [0.15, 0.2) is 11.5 Å². The van der Waals surface area contributed by atoms with E-state index < -0.39 is 4.92 Å². The summed E-state index contributed by atoms with van der Waals surface area (Å²) in [6, 6.07) is 10.6. The van der Waals surface area contributed by atoms with Crippen molar-refractivity contribution in [2.45, 2.75) is 0 Å². The minimum Gasteiger partial charge on any atom is -0.497 e. The van der Waals surface area contributed by atoms with Crippen LogP contribution in [-0.2, 0) is 4.79 Å². The normalized spacial score (nSPS) is 15.5. The molecule has 0 saturated carbocycles. The Balaban J connectivity index is 1.42. The number of methoxy groups -OCH3 is 1. The summed E-state index contributed by atoms with van der Waals surface area (Å²) in [4.78, 5) is 27.4. The van der Waals surface area contributed by atoms with Gasteiger partial charge in [-0.05, 0) is 24.3 Å². The fraction of sp³-hybridized carbons (Fsp3) is 0.286. The predicted octanol–water partition coefficient (Wildman–Crippen LogP) is 2.69. The molecule has 2 aromatic carbocycles. The van der Waals surface area contributed by atoms with E-state index in [4.69, 9.17) is 14.2 Å². The third kappa shape index (κ3) is 4.00. The van der Waals surface area contributed by atoms with Crippen molar-refractivity contribution in [2.75, 3.05) is 45.0 Å². The Bertz CT molecular complexity index is 998. The van der Waals surface area contributed by atoms with Gasteiger partial charge in [-0.15, -0.1) is 0 Å². The number of rotatable bonds is 5. The zero-order chi connectivity index (χ0) is 21.1. The second-order valence-electron chi connectivity index (χ2n) is 6.87. The number of hydrogen-bond acceptors (Lipinski definition) is 7. The first kappa shape index (κ1) is 19.6. The van der Waals surface area contributed by atoms with E-state index in [-0.39, 0.29) is 18.4 Å². The number of ether oxygens (including phenoxy) is 3. The topological polar surface area (TPSA) is 94.4 Å². The quantitative estimate of drug-likeness (QED) is 0.424. The van der Waals surface area contributed by atoms with E-state index in [1.165, 1.54) is 24.3 Å². The Kier molecular flexibility index (Phi) is 5.42. The second kappa shape index (κ2) is 8.32. The van der Waals surface area contributed by atoms with Crippen LogP contribution in [-0.4, -0.2) is 55.8 Å². The highest BCUT2D eigenvalue weighted by Crippen LogP contribution is 2.38. The lowest BCUT2D eigenvalue weighted by Crippen LogP contribution is -2.48. The maximum atomic E-state index is 12.6. The average Bonchev–Trinajstić information content (AvgIpc) is 3.24. The lowest BCUT2D eigenvalue weighted by Gasteiger charge is -2.35. The van der Waals surface area contributed by atoms with Crippen molar-refractivity contribution < 1.29 is 23.9 Å². The molecule has 0 atom stereocenters. The van der Waals surface area contributed by atoms with Crippen LogP contribution in [0.4, 0.5) is 11.4 Å². The second-order valence-corrected chi connectivity index (χ2v) is 6.87. The van der Waals surface area contributed by atoms with Gasteiger partial charge in [0.05, 0.1) is 23.7 Å². The molecule has 2 heterocycles. The molecule has 0 aliphatic carbocycles. The van der Waals surface area contributed by atoms with Crippen LogP contribution >= 0.6 is 0 Å². The molecule has 4 rings (SSSR count). The largest absolute Gasteiger partial charge is 0.497 e. The highest BCUT2D eigenvalue weighted by atomic mass is 16.7. The summed E-state index contributed by atoms with van der Waals surface area (Å²) in [5, 5.41) is 11.4. The first-order chi connectivity index (χ1) is 14.5. The molecule has 2 aromatic rings. The van der Waals surface area contributed by atoms with E-state index in [9.17, 15) is 14.9 Å². The molecule has 156 valence electrons. The molecule has 0 unspecified atom stereocenters. The highest BCUT2D eigenvalue weighted by molar-refractivity contribution is 5.92. The maximum Gasteiger partial charge on any atom is 0.280 e. The summed E-state index contributed by atoms with van der Waals surface area (Å²) in [6.45, 7) is 2.53. The van der Waals surface area contributed by atoms with Crippen molar-refractivity contribution in [2.24, 2.45) is 0 Å². The molecule has 30 heavy (non-hydrogen) atoms. The zero-order valence-corrected chi connectivity index (χ0v) is 16.4. The molecular weight excluding hydrogens is 390 g/mol. The number of carbonyl (C=O) groups excluding carboxylic acids is 1. The minimum absolute atomic E-state index is 0.0240. The Morgan fingerprint density at radius 1 is 1.13 bits per heavy atom. The molecular formula is C21H21N3O6. The van der Waals surface area contributed by atoms with Gasteiger partial charge in [0.25, 0.3) is 5.69 Å². The van der Waals surface area contributed by atoms with Gasteiger partial charge in [-0.1, -0.05) is 6.07 Å². The Hall–Kier alpha value is -3.75. The third-order valence-corrected chi connectivity index (χ3v) is 5.13. The van der Waals surface area contributed by atoms with Crippen molar-refractivity contribution in [1.82, 2.24) is 4.90 Å². The van der Waals surface area contributed by atoms with Crippen molar-refractivity contribution in [3.05, 3.63) is 58.2 Å². The van der Waals surface area contributed by atoms with Crippen LogP contribution in [0.25, 0.3) is 6.08 Å². The molecule has 1 saturated heterocycles. The van der Waals surface area contributed by atoms with Crippen LogP contribution in [0.15, 0.2) is 42.5 Å². The number of fused-ring (bicyclic) bond motifs is 1. The third-order valence-electron chi connectivity index (χ3n) is 5.13. The molecule has 0 spiro atoms. The number of benzene rings is 2. The fourth-order valence-corrected chi connectivity index (χ4v) is 3.50. The van der Waals surface area contributed by atoms with Gasteiger partial charge in [0, 0.05) is 44.0 Å². The van der Waals surface area contributed by atoms with Gasteiger partial charge in [-0.2, -0.15) is 0 Å². The van der Waals surface area contributed by atoms with Crippen LogP contribution in [0.1, 0.15) is 5.56 Å². The molecule has 2 aliphatic rings. The smallest absolute Gasteiger partial charge is 0.280 e. The summed E-state index contributed by atoms with van der Waals surface area (Å²) in [7, 11) is 1.63. The van der Waals surface area contributed by atoms with E-state index in [0.717, 1.165) is 11.4 Å². The summed E-state index contributed by atoms with van der Waals surface area (Å²) >= 11 is 0. The number of anilines is 1. The molecule has 2 aliphatic heterocycles. The van der Waals surface area contributed by atoms with Crippen LogP contribution in [0.5, 0.6) is 17.2 Å². The number of carbonyl (C=O) groups is 1. The van der Waals surface area contributed by atoms with Gasteiger partial charge in [0.2, 0.25) is 12.7 Å². The van der Waals surface area contributed by atoms with Crippen molar-refractivity contribution in [3.8, 4) is 17.2 Å². The van der Waals surface area contributed by atoms with E-state index in [1.807, 2.05) is 24.3 Å². The van der Waals surface area contributed by atoms with E-state index in [0.29, 0.717) is 43.2 Å². The number of piperazine rings is 1. The number of amides is 1. The van der Waals surface area contributed by atoms with Gasteiger partial charge in [-0.25, -0.2) is 0 Å². The van der Waals surface area contributed by atoms with Crippen LogP contribution < -0.4 is 19.1 Å². The zero-order valence-electron chi connectivity index (χ0n) is 16.4. The molecule has 0 N–H and O–H groups in total. The van der Waals surface area contributed by atoms with Crippen LogP contribution in [0, 0.1) is 10.1 Å². The highest BCUT2D eigenvalue weighted by Gasteiger charge is 2.23. The van der Waals surface area contributed by atoms with E-state index in [1.54, 1.807) is 12.0 Å². The molecule has 0 aromatic heterocycles. The first-order valence-corrected chi connectivity index (χ1v) is 9.49. The molecule has 9 nitrogen and oxygen atoms in total. The SMILES string of the molecule is COc1cccc(N2CCN(C(=O)/C=C/c3cc4c(cc3[N+](=O)[O-])OCO4)CC2)c1. The number of hydrogen-bond donors (Lipinski definition) is 0. The molecule has 0 bridgehead atoms. The Labute approximate surface area is 173 Å². The van der Waals surface area contributed by atoms with E-state index in [2.05, 4.69) is 4.90 Å². The number of nitro groups is 1. The van der Waals surface area contributed by atoms with Crippen LogP contribution in [0.2, 0.25) is 0 Å². The summed E-state index contributed by atoms with van der Waals surface area (Å²) in [5.41, 5.74) is 1.21. The lowest BCUT2D eigenvalue weighted by molar-refractivity contribution is -0.385. The lowest BCUT2D eigenvalue weighted by atomic mass is 10.1. The first-order valence-electron chi connectivity index (χ1n) is 9.49. The molecule has 0 radical (unpaired) electrons. The van der Waals surface area contributed by atoms with Gasteiger partial charge in [-0.3, -0.25) is 14.9 Å². The summed E-state index contributed by atoms with van der Waals surface area (Å²) < 4.78 is 15.7. The predicted molar refractivity (Wildman–Crippen MR) is 110 cm³/mol. The van der Waals surface area contributed by atoms with E-state index >= 15 is 0 Å². The van der Waals surface area contributed by atoms with Gasteiger partial charge < -0.3 is 24.0 Å². The molecule has 1 fully saturated rings. The van der Waals surface area contributed by atoms with Crippen molar-refractivity contribution in [3.63, 3.8) is 0 Å². The summed E-state index contributed by atoms with van der Waals surface area (Å²) in [6.07, 6.45) is 2.82. The minimum atomic E-state index is -0.501. The standard InChI is InChI=1S/C21H21N3O6/c1-28-17-4-2-3-16(12-17)22-7-9-23(10-8-22)21(25)6-5-15-11-19-20(30-14-29-19)13-18(15)24(26)27/h2-6,11-13H,7-10,14H2,1H3/b6-5+. The number of nitro benzene ring substituents is 1. The maximum absolute atomic E-state index is 12.6. The Morgan fingerprint density at radius 2 is 1.87 bits per heavy atom. The average molecular weight is 411 g/mol. The van der Waals surface area contributed by atoms with Gasteiger partial charge >= 0.3 is 0 Å². The monoisotopic (exact) mass is 411 g/mol. The number of nitrogens with zero attached hydrogens (tertiary/aromatic N) is 3.